The molecule has 2 atom stereocenters. The highest BCUT2D eigenvalue weighted by Gasteiger charge is 2.27. The molecule has 0 bridgehead atoms. The standard InChI is InChI=1S/C17H26N2O2.ClH/c1-12(2)15-5-3-4-6-16(15)21-10-9-19-17(20)13-7-8-14(18)11-13;/h3-6,12-14H,7-11,18H2,1-2H3,(H,19,20);1H. The molecule has 4 nitrogen and oxygen atoms in total. The van der Waals surface area contributed by atoms with Gasteiger partial charge in [0.2, 0.25) is 5.91 Å². The predicted molar refractivity (Wildman–Crippen MR) is 91.6 cm³/mol. The van der Waals surface area contributed by atoms with Crippen LogP contribution < -0.4 is 15.8 Å². The molecule has 2 rings (SSSR count). The number of hydrogen-bond donors (Lipinski definition) is 2. The van der Waals surface area contributed by atoms with Crippen molar-refractivity contribution < 1.29 is 9.53 Å². The first-order chi connectivity index (χ1) is 10.1. The lowest BCUT2D eigenvalue weighted by Gasteiger charge is -2.15. The number of ether oxygens (including phenoxy) is 1. The highest BCUT2D eigenvalue weighted by atomic mass is 35.5. The van der Waals surface area contributed by atoms with Gasteiger partial charge in [-0.2, -0.15) is 0 Å². The summed E-state index contributed by atoms with van der Waals surface area (Å²) in [6.07, 6.45) is 2.67. The molecular weight excluding hydrogens is 300 g/mol. The van der Waals surface area contributed by atoms with Crippen molar-refractivity contribution in [3.8, 4) is 5.75 Å². The molecule has 0 spiro atoms. The first-order valence-electron chi connectivity index (χ1n) is 7.83. The number of amides is 1. The van der Waals surface area contributed by atoms with Crippen LogP contribution in [0.4, 0.5) is 0 Å². The van der Waals surface area contributed by atoms with E-state index in [9.17, 15) is 4.79 Å². The molecule has 0 aliphatic heterocycles. The zero-order valence-electron chi connectivity index (χ0n) is 13.4. The van der Waals surface area contributed by atoms with Crippen LogP contribution in [0.5, 0.6) is 5.75 Å². The van der Waals surface area contributed by atoms with Crippen molar-refractivity contribution >= 4 is 18.3 Å². The molecule has 124 valence electrons. The molecule has 22 heavy (non-hydrogen) atoms. The van der Waals surface area contributed by atoms with E-state index in [2.05, 4.69) is 25.2 Å². The summed E-state index contributed by atoms with van der Waals surface area (Å²) in [5.74, 6) is 1.53. The summed E-state index contributed by atoms with van der Waals surface area (Å²) in [7, 11) is 0. The Labute approximate surface area is 139 Å². The Hall–Kier alpha value is -1.26. The third-order valence-electron chi connectivity index (χ3n) is 4.04. The van der Waals surface area contributed by atoms with E-state index < -0.39 is 0 Å². The lowest BCUT2D eigenvalue weighted by atomic mass is 10.0. The molecule has 1 amide bonds. The number of halogens is 1. The van der Waals surface area contributed by atoms with Crippen LogP contribution in [0.3, 0.4) is 0 Å². The van der Waals surface area contributed by atoms with E-state index in [0.29, 0.717) is 19.1 Å². The normalized spacial score (nSPS) is 20.5. The van der Waals surface area contributed by atoms with Gasteiger partial charge in [-0.1, -0.05) is 32.0 Å². The molecular formula is C17H27ClN2O2. The Morgan fingerprint density at radius 3 is 2.73 bits per heavy atom. The van der Waals surface area contributed by atoms with Gasteiger partial charge in [0.15, 0.2) is 0 Å². The van der Waals surface area contributed by atoms with Gasteiger partial charge < -0.3 is 15.8 Å². The Balaban J connectivity index is 0.00000242. The van der Waals surface area contributed by atoms with Gasteiger partial charge in [0.05, 0.1) is 6.54 Å². The highest BCUT2D eigenvalue weighted by Crippen LogP contribution is 2.26. The Morgan fingerprint density at radius 1 is 1.36 bits per heavy atom. The van der Waals surface area contributed by atoms with E-state index in [-0.39, 0.29) is 30.3 Å². The average Bonchev–Trinajstić information content (AvgIpc) is 2.90. The third kappa shape index (κ3) is 5.18. The van der Waals surface area contributed by atoms with Gasteiger partial charge in [-0.05, 0) is 36.8 Å². The fourth-order valence-corrected chi connectivity index (χ4v) is 2.82. The van der Waals surface area contributed by atoms with Crippen molar-refractivity contribution in [2.24, 2.45) is 11.7 Å². The Kier molecular flexibility index (Phi) is 7.69. The number of rotatable bonds is 6. The molecule has 0 aromatic heterocycles. The van der Waals surface area contributed by atoms with E-state index in [1.165, 1.54) is 5.56 Å². The van der Waals surface area contributed by atoms with Crippen molar-refractivity contribution in [2.45, 2.75) is 45.1 Å². The third-order valence-corrected chi connectivity index (χ3v) is 4.04. The molecule has 1 aromatic carbocycles. The molecule has 3 N–H and O–H groups in total. The lowest BCUT2D eigenvalue weighted by Crippen LogP contribution is -2.33. The topological polar surface area (TPSA) is 64.3 Å². The van der Waals surface area contributed by atoms with Gasteiger partial charge in [-0.3, -0.25) is 4.79 Å². The minimum Gasteiger partial charge on any atom is -0.491 e. The average molecular weight is 327 g/mol. The Bertz CT molecular complexity index is 479. The maximum atomic E-state index is 12.0. The van der Waals surface area contributed by atoms with Gasteiger partial charge >= 0.3 is 0 Å². The summed E-state index contributed by atoms with van der Waals surface area (Å²) in [6, 6.07) is 8.24. The van der Waals surface area contributed by atoms with E-state index in [1.54, 1.807) is 0 Å². The molecule has 2 unspecified atom stereocenters. The number of nitrogens with one attached hydrogen (secondary N) is 1. The van der Waals surface area contributed by atoms with Crippen LogP contribution in [0.25, 0.3) is 0 Å². The van der Waals surface area contributed by atoms with Crippen molar-refractivity contribution in [3.05, 3.63) is 29.8 Å². The molecule has 1 saturated carbocycles. The highest BCUT2D eigenvalue weighted by molar-refractivity contribution is 5.85. The fourth-order valence-electron chi connectivity index (χ4n) is 2.82. The zero-order chi connectivity index (χ0) is 15.2. The van der Waals surface area contributed by atoms with E-state index in [4.69, 9.17) is 10.5 Å². The van der Waals surface area contributed by atoms with Gasteiger partial charge in [-0.25, -0.2) is 0 Å². The van der Waals surface area contributed by atoms with E-state index in [1.807, 2.05) is 18.2 Å². The SMILES string of the molecule is CC(C)c1ccccc1OCCNC(=O)C1CCC(N)C1.Cl. The smallest absolute Gasteiger partial charge is 0.223 e. The fraction of sp³-hybridized carbons (Fsp3) is 0.588. The second-order valence-electron chi connectivity index (χ2n) is 6.10. The quantitative estimate of drug-likeness (QED) is 0.790. The summed E-state index contributed by atoms with van der Waals surface area (Å²) < 4.78 is 5.79. The maximum Gasteiger partial charge on any atom is 0.223 e. The first-order valence-corrected chi connectivity index (χ1v) is 7.83. The molecule has 1 fully saturated rings. The second-order valence-corrected chi connectivity index (χ2v) is 6.10. The summed E-state index contributed by atoms with van der Waals surface area (Å²) in [5, 5.41) is 2.94. The minimum absolute atomic E-state index is 0. The van der Waals surface area contributed by atoms with Crippen LogP contribution >= 0.6 is 12.4 Å². The number of benzene rings is 1. The van der Waals surface area contributed by atoms with Crippen molar-refractivity contribution in [3.63, 3.8) is 0 Å². The number of nitrogens with two attached hydrogens (primary N) is 1. The Morgan fingerprint density at radius 2 is 2.09 bits per heavy atom. The molecule has 1 aliphatic rings. The van der Waals surface area contributed by atoms with Crippen LogP contribution in [-0.2, 0) is 4.79 Å². The monoisotopic (exact) mass is 326 g/mol. The number of carbonyl (C=O) groups is 1. The van der Waals surface area contributed by atoms with Crippen LogP contribution in [-0.4, -0.2) is 25.1 Å². The van der Waals surface area contributed by atoms with Crippen LogP contribution in [0.2, 0.25) is 0 Å². The van der Waals surface area contributed by atoms with Crippen molar-refractivity contribution in [1.29, 1.82) is 0 Å². The number of hydrogen-bond acceptors (Lipinski definition) is 3. The van der Waals surface area contributed by atoms with Gasteiger partial charge in [-0.15, -0.1) is 12.4 Å². The van der Waals surface area contributed by atoms with Crippen molar-refractivity contribution in [1.82, 2.24) is 5.32 Å². The van der Waals surface area contributed by atoms with Crippen LogP contribution in [0.15, 0.2) is 24.3 Å². The summed E-state index contributed by atoms with van der Waals surface area (Å²) in [4.78, 5) is 12.0. The molecule has 0 heterocycles. The predicted octanol–water partition coefficient (Wildman–Crippen LogP) is 2.85. The molecule has 5 heteroatoms. The molecule has 1 aromatic rings. The number of carbonyl (C=O) groups excluding carboxylic acids is 1. The number of para-hydroxylation sites is 1. The summed E-state index contributed by atoms with van der Waals surface area (Å²) in [6.45, 7) is 5.33. The van der Waals surface area contributed by atoms with Gasteiger partial charge in [0, 0.05) is 12.0 Å². The van der Waals surface area contributed by atoms with Gasteiger partial charge in [0.1, 0.15) is 12.4 Å². The van der Waals surface area contributed by atoms with Crippen molar-refractivity contribution in [2.75, 3.05) is 13.2 Å². The first kappa shape index (κ1) is 18.8. The minimum atomic E-state index is 0. The molecule has 0 saturated heterocycles. The zero-order valence-corrected chi connectivity index (χ0v) is 14.2. The van der Waals surface area contributed by atoms with E-state index in [0.717, 1.165) is 25.0 Å². The van der Waals surface area contributed by atoms with Gasteiger partial charge in [0.25, 0.3) is 0 Å². The largest absolute Gasteiger partial charge is 0.491 e. The van der Waals surface area contributed by atoms with Crippen LogP contribution in [0, 0.1) is 5.92 Å². The van der Waals surface area contributed by atoms with Crippen LogP contribution in [0.1, 0.15) is 44.6 Å². The lowest BCUT2D eigenvalue weighted by molar-refractivity contribution is -0.124. The summed E-state index contributed by atoms with van der Waals surface area (Å²) in [5.41, 5.74) is 7.03. The second kappa shape index (κ2) is 9.01. The van der Waals surface area contributed by atoms with E-state index >= 15 is 0 Å². The summed E-state index contributed by atoms with van der Waals surface area (Å²) >= 11 is 0. The maximum absolute atomic E-state index is 12.0. The molecule has 0 radical (unpaired) electrons. The molecule has 1 aliphatic carbocycles.